The third-order valence-electron chi connectivity index (χ3n) is 2.07. The highest BCUT2D eigenvalue weighted by molar-refractivity contribution is 9.08. The zero-order chi connectivity index (χ0) is 13.4. The van der Waals surface area contributed by atoms with Crippen LogP contribution in [0.2, 0.25) is 0 Å². The molecule has 0 aromatic heterocycles. The maximum atomic E-state index is 12.6. The Labute approximate surface area is 101 Å². The minimum absolute atomic E-state index is 0.543. The van der Waals surface area contributed by atoms with Crippen LogP contribution in [0.25, 0.3) is 0 Å². The average Bonchev–Trinajstić information content (AvgIpc) is 2.12. The lowest BCUT2D eigenvalue weighted by Gasteiger charge is -2.19. The van der Waals surface area contributed by atoms with Crippen molar-refractivity contribution < 1.29 is 26.3 Å². The van der Waals surface area contributed by atoms with Crippen molar-refractivity contribution in [3.8, 4) is 0 Å². The number of hydrogen-bond donors (Lipinski definition) is 1. The molecule has 0 aliphatic heterocycles. The fraction of sp³-hybridized carbons (Fsp3) is 0.333. The minimum Gasteiger partial charge on any atom is -0.398 e. The van der Waals surface area contributed by atoms with E-state index in [9.17, 15) is 26.3 Å². The second-order valence-electron chi connectivity index (χ2n) is 3.19. The van der Waals surface area contributed by atoms with Crippen LogP contribution in [-0.2, 0) is 17.7 Å². The van der Waals surface area contributed by atoms with Gasteiger partial charge in [0.05, 0.1) is 11.1 Å². The van der Waals surface area contributed by atoms with Gasteiger partial charge in [-0.25, -0.2) is 0 Å². The third-order valence-corrected chi connectivity index (χ3v) is 2.63. The molecule has 1 nitrogen and oxygen atoms in total. The van der Waals surface area contributed by atoms with E-state index in [1.165, 1.54) is 0 Å². The van der Waals surface area contributed by atoms with Gasteiger partial charge in [0.1, 0.15) is 0 Å². The third kappa shape index (κ3) is 2.85. The highest BCUT2D eigenvalue weighted by atomic mass is 79.9. The van der Waals surface area contributed by atoms with E-state index < -0.39 is 40.1 Å². The van der Waals surface area contributed by atoms with E-state index in [4.69, 9.17) is 5.73 Å². The smallest absolute Gasteiger partial charge is 0.398 e. The van der Waals surface area contributed by atoms with Crippen molar-refractivity contribution in [3.63, 3.8) is 0 Å². The monoisotopic (exact) mass is 321 g/mol. The molecular formula is C9H6BrF6N. The fourth-order valence-corrected chi connectivity index (χ4v) is 1.99. The van der Waals surface area contributed by atoms with Gasteiger partial charge < -0.3 is 5.73 Å². The van der Waals surface area contributed by atoms with Crippen molar-refractivity contribution in [1.29, 1.82) is 0 Å². The van der Waals surface area contributed by atoms with Gasteiger partial charge in [0.25, 0.3) is 0 Å². The Hall–Kier alpha value is -0.920. The van der Waals surface area contributed by atoms with Crippen LogP contribution >= 0.6 is 15.9 Å². The van der Waals surface area contributed by atoms with Crippen LogP contribution in [0.1, 0.15) is 16.7 Å². The summed E-state index contributed by atoms with van der Waals surface area (Å²) in [6, 6.07) is 1.15. The molecule has 1 aromatic rings. The van der Waals surface area contributed by atoms with E-state index in [0.717, 1.165) is 0 Å². The lowest BCUT2D eigenvalue weighted by Crippen LogP contribution is -2.17. The minimum atomic E-state index is -4.92. The van der Waals surface area contributed by atoms with Crippen molar-refractivity contribution in [1.82, 2.24) is 0 Å². The van der Waals surface area contributed by atoms with E-state index in [-0.39, 0.29) is 0 Å². The maximum Gasteiger partial charge on any atom is 0.418 e. The first-order valence-corrected chi connectivity index (χ1v) is 5.33. The van der Waals surface area contributed by atoms with E-state index in [1.54, 1.807) is 0 Å². The highest BCUT2D eigenvalue weighted by Crippen LogP contribution is 2.42. The van der Waals surface area contributed by atoms with Gasteiger partial charge in [0.2, 0.25) is 0 Å². The Balaban J connectivity index is 3.60. The summed E-state index contributed by atoms with van der Waals surface area (Å²) in [5, 5.41) is -0.582. The normalized spacial score (nSPS) is 12.9. The molecule has 8 heteroatoms. The topological polar surface area (TPSA) is 26.0 Å². The van der Waals surface area contributed by atoms with E-state index in [1.807, 2.05) is 0 Å². The molecule has 1 aromatic carbocycles. The molecule has 0 fully saturated rings. The van der Waals surface area contributed by atoms with Gasteiger partial charge in [-0.1, -0.05) is 15.9 Å². The van der Waals surface area contributed by atoms with Gasteiger partial charge in [-0.15, -0.1) is 0 Å². The number of rotatable bonds is 1. The second-order valence-corrected chi connectivity index (χ2v) is 3.75. The summed E-state index contributed by atoms with van der Waals surface area (Å²) in [5.74, 6) is 0. The van der Waals surface area contributed by atoms with E-state index in [0.29, 0.717) is 12.1 Å². The Morgan fingerprint density at radius 1 is 1.00 bits per heavy atom. The van der Waals surface area contributed by atoms with Crippen molar-refractivity contribution in [2.45, 2.75) is 17.7 Å². The predicted octanol–water partition coefficient (Wildman–Crippen LogP) is 4.20. The Morgan fingerprint density at radius 3 is 1.88 bits per heavy atom. The van der Waals surface area contributed by atoms with Crippen molar-refractivity contribution in [3.05, 3.63) is 28.8 Å². The number of anilines is 1. The largest absolute Gasteiger partial charge is 0.418 e. The van der Waals surface area contributed by atoms with Crippen molar-refractivity contribution >= 4 is 21.6 Å². The molecule has 0 bridgehead atoms. The van der Waals surface area contributed by atoms with Crippen molar-refractivity contribution in [2.75, 3.05) is 5.73 Å². The standard InChI is InChI=1S/C9H6BrF6N/c10-3-4-5(8(11,12)13)1-2-6(17)7(4)9(14,15)16/h1-2H,3,17H2. The molecule has 0 amide bonds. The summed E-state index contributed by atoms with van der Waals surface area (Å²) >= 11 is 2.62. The lowest BCUT2D eigenvalue weighted by molar-refractivity contribution is -0.143. The first-order chi connectivity index (χ1) is 7.59. The highest BCUT2D eigenvalue weighted by Gasteiger charge is 2.41. The number of halogens is 7. The maximum absolute atomic E-state index is 12.6. The number of benzene rings is 1. The Kier molecular flexibility index (Phi) is 3.66. The van der Waals surface area contributed by atoms with Crippen LogP contribution in [0.5, 0.6) is 0 Å². The molecule has 0 aliphatic carbocycles. The summed E-state index contributed by atoms with van der Waals surface area (Å²) in [5.41, 5.74) is 0.689. The van der Waals surface area contributed by atoms with Crippen LogP contribution in [0.4, 0.5) is 32.0 Å². The fourth-order valence-electron chi connectivity index (χ4n) is 1.41. The Bertz CT molecular complexity index is 423. The summed E-state index contributed by atoms with van der Waals surface area (Å²) < 4.78 is 75.3. The summed E-state index contributed by atoms with van der Waals surface area (Å²) in [6.45, 7) is 0. The SMILES string of the molecule is Nc1ccc(C(F)(F)F)c(CBr)c1C(F)(F)F. The van der Waals surface area contributed by atoms with Crippen molar-refractivity contribution in [2.24, 2.45) is 0 Å². The molecule has 0 spiro atoms. The molecule has 96 valence electrons. The summed E-state index contributed by atoms with van der Waals surface area (Å²) in [6.07, 6.45) is -9.77. The van der Waals surface area contributed by atoms with Gasteiger partial charge in [-0.3, -0.25) is 0 Å². The van der Waals surface area contributed by atoms with E-state index >= 15 is 0 Å². The van der Waals surface area contributed by atoms with Crippen LogP contribution < -0.4 is 5.73 Å². The molecular weight excluding hydrogens is 316 g/mol. The van der Waals surface area contributed by atoms with Gasteiger partial charge in [-0.2, -0.15) is 26.3 Å². The molecule has 0 aliphatic rings. The molecule has 0 radical (unpaired) electrons. The molecule has 0 saturated heterocycles. The van der Waals surface area contributed by atoms with Gasteiger partial charge in [0, 0.05) is 11.0 Å². The number of alkyl halides is 7. The lowest BCUT2D eigenvalue weighted by atomic mass is 9.99. The molecule has 0 unspecified atom stereocenters. The quantitative estimate of drug-likeness (QED) is 0.468. The molecule has 17 heavy (non-hydrogen) atoms. The zero-order valence-electron chi connectivity index (χ0n) is 8.08. The van der Waals surface area contributed by atoms with E-state index in [2.05, 4.69) is 15.9 Å². The van der Waals surface area contributed by atoms with Crippen LogP contribution in [0.3, 0.4) is 0 Å². The number of nitrogens with two attached hydrogens (primary N) is 1. The molecule has 1 rings (SSSR count). The molecule has 0 heterocycles. The molecule has 2 N–H and O–H groups in total. The van der Waals surface area contributed by atoms with Crippen LogP contribution in [0.15, 0.2) is 12.1 Å². The van der Waals surface area contributed by atoms with Crippen LogP contribution in [0, 0.1) is 0 Å². The summed E-state index contributed by atoms with van der Waals surface area (Å²) in [7, 11) is 0. The summed E-state index contributed by atoms with van der Waals surface area (Å²) in [4.78, 5) is 0. The van der Waals surface area contributed by atoms with Gasteiger partial charge in [-0.05, 0) is 17.7 Å². The zero-order valence-corrected chi connectivity index (χ0v) is 9.67. The molecule has 0 saturated carbocycles. The first-order valence-electron chi connectivity index (χ1n) is 4.20. The molecule has 0 atom stereocenters. The number of hydrogen-bond acceptors (Lipinski definition) is 1. The predicted molar refractivity (Wildman–Crippen MR) is 53.5 cm³/mol. The average molecular weight is 322 g/mol. The van der Waals surface area contributed by atoms with Crippen LogP contribution in [-0.4, -0.2) is 0 Å². The van der Waals surface area contributed by atoms with Gasteiger partial charge >= 0.3 is 12.4 Å². The van der Waals surface area contributed by atoms with Gasteiger partial charge in [0.15, 0.2) is 0 Å². The second kappa shape index (κ2) is 4.40. The first kappa shape index (κ1) is 14.1. The Morgan fingerprint density at radius 2 is 1.53 bits per heavy atom. The number of nitrogen functional groups attached to an aromatic ring is 1.